The van der Waals surface area contributed by atoms with Crippen molar-refractivity contribution in [2.45, 2.75) is 39.7 Å². The average molecular weight is 384 g/mol. The van der Waals surface area contributed by atoms with E-state index in [1.54, 1.807) is 18.2 Å². The van der Waals surface area contributed by atoms with Crippen molar-refractivity contribution in [1.82, 2.24) is 20.2 Å². The van der Waals surface area contributed by atoms with Gasteiger partial charge in [0.05, 0.1) is 11.1 Å². The Bertz CT molecular complexity index is 853. The first kappa shape index (κ1) is 19.9. The van der Waals surface area contributed by atoms with Crippen LogP contribution < -0.4 is 5.32 Å². The number of benzene rings is 1. The molecule has 2 amide bonds. The van der Waals surface area contributed by atoms with E-state index in [0.29, 0.717) is 37.1 Å². The molecule has 0 radical (unpaired) electrons. The van der Waals surface area contributed by atoms with Crippen LogP contribution in [0, 0.1) is 11.2 Å². The second-order valence-corrected chi connectivity index (χ2v) is 8.07. The predicted octanol–water partition coefficient (Wildman–Crippen LogP) is 3.05. The normalized spacial score (nSPS) is 15.4. The maximum Gasteiger partial charge on any atom is 0.254 e. The minimum Gasteiger partial charge on any atom is -0.349 e. The number of carbonyl (C=O) groups excluding carboxylic acids is 2. The van der Waals surface area contributed by atoms with Crippen molar-refractivity contribution < 1.29 is 14.0 Å². The number of hydrogen-bond acceptors (Lipinski definition) is 4. The van der Waals surface area contributed by atoms with Crippen LogP contribution in [0.3, 0.4) is 0 Å². The van der Waals surface area contributed by atoms with E-state index in [2.05, 4.69) is 15.3 Å². The van der Waals surface area contributed by atoms with Crippen LogP contribution in [0.4, 0.5) is 4.39 Å². The molecular weight excluding hydrogens is 359 g/mol. The quantitative estimate of drug-likeness (QED) is 0.883. The van der Waals surface area contributed by atoms with E-state index in [9.17, 15) is 14.0 Å². The Kier molecular flexibility index (Phi) is 5.72. The van der Waals surface area contributed by atoms with Gasteiger partial charge in [0.2, 0.25) is 5.91 Å². The maximum atomic E-state index is 13.8. The highest BCUT2D eigenvalue weighted by atomic mass is 19.1. The van der Waals surface area contributed by atoms with E-state index in [1.807, 2.05) is 25.7 Å². The molecule has 0 spiro atoms. The summed E-state index contributed by atoms with van der Waals surface area (Å²) in [6.45, 7) is 6.99. The van der Waals surface area contributed by atoms with Crippen LogP contribution in [-0.4, -0.2) is 45.8 Å². The molecule has 6 nitrogen and oxygen atoms in total. The van der Waals surface area contributed by atoms with Crippen molar-refractivity contribution >= 4 is 11.8 Å². The van der Waals surface area contributed by atoms with Crippen molar-refractivity contribution in [1.29, 1.82) is 0 Å². The van der Waals surface area contributed by atoms with Crippen LogP contribution in [-0.2, 0) is 4.79 Å². The largest absolute Gasteiger partial charge is 0.349 e. The highest BCUT2D eigenvalue weighted by Gasteiger charge is 2.30. The third-order valence-corrected chi connectivity index (χ3v) is 4.79. The van der Waals surface area contributed by atoms with Crippen LogP contribution in [0.1, 0.15) is 44.0 Å². The molecule has 2 heterocycles. The summed E-state index contributed by atoms with van der Waals surface area (Å²) >= 11 is 0. The third-order valence-electron chi connectivity index (χ3n) is 4.79. The number of carbonyl (C=O) groups is 2. The molecule has 1 saturated heterocycles. The monoisotopic (exact) mass is 384 g/mol. The standard InChI is InChI=1S/C21H25FN4O2/c1-21(2,3)20(28)26-10-8-15(9-11-26)25-19(27)14-12-23-18(24-13-14)16-6-4-5-7-17(16)22/h4-7,12-13,15H,8-11H2,1-3H3,(H,25,27). The Morgan fingerprint density at radius 2 is 1.71 bits per heavy atom. The van der Waals surface area contributed by atoms with Gasteiger partial charge in [0.15, 0.2) is 5.82 Å². The first-order valence-corrected chi connectivity index (χ1v) is 9.43. The highest BCUT2D eigenvalue weighted by Crippen LogP contribution is 2.21. The summed E-state index contributed by atoms with van der Waals surface area (Å²) in [6, 6.07) is 6.25. The van der Waals surface area contributed by atoms with E-state index in [4.69, 9.17) is 0 Å². The second kappa shape index (κ2) is 8.04. The fourth-order valence-corrected chi connectivity index (χ4v) is 3.20. The van der Waals surface area contributed by atoms with Crippen LogP contribution in [0.2, 0.25) is 0 Å². The minimum absolute atomic E-state index is 0.00256. The average Bonchev–Trinajstić information content (AvgIpc) is 2.68. The van der Waals surface area contributed by atoms with Crippen molar-refractivity contribution in [2.24, 2.45) is 5.41 Å². The molecule has 0 atom stereocenters. The Labute approximate surface area is 164 Å². The number of halogens is 1. The molecule has 1 fully saturated rings. The summed E-state index contributed by atoms with van der Waals surface area (Å²) in [4.78, 5) is 34.9. The minimum atomic E-state index is -0.406. The summed E-state index contributed by atoms with van der Waals surface area (Å²) in [7, 11) is 0. The molecule has 0 unspecified atom stereocenters. The summed E-state index contributed by atoms with van der Waals surface area (Å²) in [5.41, 5.74) is 0.228. The van der Waals surface area contributed by atoms with Gasteiger partial charge in [0, 0.05) is 36.9 Å². The molecular formula is C21H25FN4O2. The number of aromatic nitrogens is 2. The molecule has 1 N–H and O–H groups in total. The Hall–Kier alpha value is -2.83. The number of nitrogens with zero attached hydrogens (tertiary/aromatic N) is 3. The van der Waals surface area contributed by atoms with Gasteiger partial charge in [-0.05, 0) is 25.0 Å². The lowest BCUT2D eigenvalue weighted by Gasteiger charge is -2.36. The molecule has 148 valence electrons. The molecule has 1 aromatic heterocycles. The van der Waals surface area contributed by atoms with E-state index in [0.717, 1.165) is 0 Å². The zero-order valence-corrected chi connectivity index (χ0v) is 16.4. The number of likely N-dealkylation sites (tertiary alicyclic amines) is 1. The van der Waals surface area contributed by atoms with Crippen LogP contribution >= 0.6 is 0 Å². The molecule has 2 aromatic rings. The first-order chi connectivity index (χ1) is 13.3. The molecule has 28 heavy (non-hydrogen) atoms. The Morgan fingerprint density at radius 3 is 2.29 bits per heavy atom. The fraction of sp³-hybridized carbons (Fsp3) is 0.429. The van der Waals surface area contributed by atoms with Gasteiger partial charge in [-0.2, -0.15) is 0 Å². The van der Waals surface area contributed by atoms with Gasteiger partial charge in [-0.1, -0.05) is 32.9 Å². The summed E-state index contributed by atoms with van der Waals surface area (Å²) in [5.74, 6) is -0.296. The van der Waals surface area contributed by atoms with E-state index >= 15 is 0 Å². The van der Waals surface area contributed by atoms with Crippen molar-refractivity contribution in [3.63, 3.8) is 0 Å². The van der Waals surface area contributed by atoms with E-state index < -0.39 is 11.2 Å². The molecule has 0 bridgehead atoms. The Morgan fingerprint density at radius 1 is 1.11 bits per heavy atom. The lowest BCUT2D eigenvalue weighted by Crippen LogP contribution is -2.49. The highest BCUT2D eigenvalue weighted by molar-refractivity contribution is 5.94. The number of piperidine rings is 1. The number of nitrogens with one attached hydrogen (secondary N) is 1. The van der Waals surface area contributed by atoms with Crippen molar-refractivity contribution in [3.05, 3.63) is 48.0 Å². The van der Waals surface area contributed by atoms with Crippen molar-refractivity contribution in [3.8, 4) is 11.4 Å². The van der Waals surface area contributed by atoms with Crippen LogP contribution in [0.5, 0.6) is 0 Å². The van der Waals surface area contributed by atoms with Gasteiger partial charge in [-0.25, -0.2) is 14.4 Å². The molecule has 7 heteroatoms. The molecule has 1 aliphatic heterocycles. The smallest absolute Gasteiger partial charge is 0.254 e. The summed E-state index contributed by atoms with van der Waals surface area (Å²) < 4.78 is 13.8. The van der Waals surface area contributed by atoms with Gasteiger partial charge >= 0.3 is 0 Å². The summed E-state index contributed by atoms with van der Waals surface area (Å²) in [5, 5.41) is 2.97. The van der Waals surface area contributed by atoms with Gasteiger partial charge in [-0.15, -0.1) is 0 Å². The zero-order chi connectivity index (χ0) is 20.3. The number of amides is 2. The third kappa shape index (κ3) is 4.52. The SMILES string of the molecule is CC(C)(C)C(=O)N1CCC(NC(=O)c2cnc(-c3ccccc3F)nc2)CC1. The summed E-state index contributed by atoms with van der Waals surface area (Å²) in [6.07, 6.45) is 4.23. The number of rotatable bonds is 3. The van der Waals surface area contributed by atoms with Gasteiger partial charge in [-0.3, -0.25) is 9.59 Å². The van der Waals surface area contributed by atoms with E-state index in [1.165, 1.54) is 18.5 Å². The van der Waals surface area contributed by atoms with E-state index in [-0.39, 0.29) is 23.7 Å². The molecule has 1 aliphatic rings. The first-order valence-electron chi connectivity index (χ1n) is 9.43. The molecule has 0 aliphatic carbocycles. The fourth-order valence-electron chi connectivity index (χ4n) is 3.20. The van der Waals surface area contributed by atoms with Gasteiger partial charge in [0.1, 0.15) is 5.82 Å². The Balaban J connectivity index is 1.57. The lowest BCUT2D eigenvalue weighted by molar-refractivity contribution is -0.140. The van der Waals surface area contributed by atoms with Crippen molar-refractivity contribution in [2.75, 3.05) is 13.1 Å². The zero-order valence-electron chi connectivity index (χ0n) is 16.4. The maximum absolute atomic E-state index is 13.8. The molecule has 0 saturated carbocycles. The van der Waals surface area contributed by atoms with Crippen LogP contribution in [0.25, 0.3) is 11.4 Å². The topological polar surface area (TPSA) is 75.2 Å². The van der Waals surface area contributed by atoms with Crippen LogP contribution in [0.15, 0.2) is 36.7 Å². The second-order valence-electron chi connectivity index (χ2n) is 8.07. The predicted molar refractivity (Wildman–Crippen MR) is 104 cm³/mol. The van der Waals surface area contributed by atoms with Gasteiger partial charge < -0.3 is 10.2 Å². The lowest BCUT2D eigenvalue weighted by atomic mass is 9.93. The molecule has 3 rings (SSSR count). The number of hydrogen-bond donors (Lipinski definition) is 1. The molecule has 1 aromatic carbocycles. The van der Waals surface area contributed by atoms with Gasteiger partial charge in [0.25, 0.3) is 5.91 Å².